The van der Waals surface area contributed by atoms with Crippen molar-refractivity contribution < 1.29 is 19.4 Å². The molecule has 1 aromatic rings. The molecule has 1 rings (SSSR count). The van der Waals surface area contributed by atoms with Crippen LogP contribution in [0.2, 0.25) is 0 Å². The Kier molecular flexibility index (Phi) is 5.81. The Morgan fingerprint density at radius 3 is 2.47 bits per heavy atom. The molecule has 0 radical (unpaired) electrons. The van der Waals surface area contributed by atoms with Crippen molar-refractivity contribution in [3.05, 3.63) is 29.8 Å². The van der Waals surface area contributed by atoms with Gasteiger partial charge >= 0.3 is 12.0 Å². The molecule has 0 saturated carbocycles. The van der Waals surface area contributed by atoms with E-state index in [4.69, 9.17) is 9.84 Å². The number of nitrogens with one attached hydrogen (secondary N) is 1. The van der Waals surface area contributed by atoms with E-state index in [1.165, 1.54) is 12.0 Å². The van der Waals surface area contributed by atoms with E-state index < -0.39 is 12.0 Å². The minimum Gasteiger partial charge on any atom is -0.480 e. The van der Waals surface area contributed by atoms with E-state index in [1.807, 2.05) is 19.1 Å². The lowest BCUT2D eigenvalue weighted by atomic mass is 10.2. The van der Waals surface area contributed by atoms with Gasteiger partial charge in [-0.15, -0.1) is 0 Å². The number of hydrogen-bond donors (Lipinski definition) is 2. The number of urea groups is 1. The fourth-order valence-electron chi connectivity index (χ4n) is 1.46. The van der Waals surface area contributed by atoms with E-state index >= 15 is 0 Å². The highest BCUT2D eigenvalue weighted by atomic mass is 16.5. The van der Waals surface area contributed by atoms with Crippen molar-refractivity contribution in [2.24, 2.45) is 0 Å². The first kappa shape index (κ1) is 15.0. The largest absolute Gasteiger partial charge is 0.480 e. The maximum absolute atomic E-state index is 11.9. The van der Waals surface area contributed by atoms with Crippen LogP contribution < -0.4 is 5.32 Å². The Hall–Kier alpha value is -2.08. The standard InChI is InChI=1S/C13H18N2O4/c1-10-3-5-11(6-4-10)14-13(18)15(7-8-19-2)9-12(16)17/h3-6H,7-9H2,1-2H3,(H,14,18)(H,16,17). The highest BCUT2D eigenvalue weighted by molar-refractivity contribution is 5.91. The summed E-state index contributed by atoms with van der Waals surface area (Å²) in [6.45, 7) is 2.09. The molecule has 2 N–H and O–H groups in total. The van der Waals surface area contributed by atoms with Crippen LogP contribution in [0.1, 0.15) is 5.56 Å². The molecule has 19 heavy (non-hydrogen) atoms. The zero-order valence-corrected chi connectivity index (χ0v) is 11.0. The van der Waals surface area contributed by atoms with Gasteiger partial charge in [0.2, 0.25) is 0 Å². The number of carboxylic acids is 1. The normalized spacial score (nSPS) is 10.0. The van der Waals surface area contributed by atoms with Crippen molar-refractivity contribution in [3.8, 4) is 0 Å². The molecule has 0 spiro atoms. The van der Waals surface area contributed by atoms with Crippen LogP contribution in [-0.4, -0.2) is 48.8 Å². The van der Waals surface area contributed by atoms with E-state index in [1.54, 1.807) is 12.1 Å². The summed E-state index contributed by atoms with van der Waals surface area (Å²) in [5, 5.41) is 11.4. The molecule has 0 fully saturated rings. The van der Waals surface area contributed by atoms with Crippen molar-refractivity contribution in [3.63, 3.8) is 0 Å². The molecule has 6 heteroatoms. The van der Waals surface area contributed by atoms with Gasteiger partial charge in [0, 0.05) is 19.3 Å². The minimum atomic E-state index is -1.06. The number of carbonyl (C=O) groups excluding carboxylic acids is 1. The molecule has 0 unspecified atom stereocenters. The van der Waals surface area contributed by atoms with Crippen LogP contribution >= 0.6 is 0 Å². The molecular weight excluding hydrogens is 248 g/mol. The van der Waals surface area contributed by atoms with Crippen LogP contribution in [0.5, 0.6) is 0 Å². The Balaban J connectivity index is 2.64. The molecule has 2 amide bonds. The molecule has 1 aromatic carbocycles. The number of nitrogens with zero attached hydrogens (tertiary/aromatic N) is 1. The van der Waals surface area contributed by atoms with Gasteiger partial charge in [-0.05, 0) is 19.1 Å². The number of rotatable bonds is 6. The Morgan fingerprint density at radius 2 is 1.95 bits per heavy atom. The van der Waals surface area contributed by atoms with E-state index in [0.29, 0.717) is 5.69 Å². The van der Waals surface area contributed by atoms with Gasteiger partial charge in [-0.25, -0.2) is 4.79 Å². The molecule has 0 heterocycles. The lowest BCUT2D eigenvalue weighted by Crippen LogP contribution is -2.40. The van der Waals surface area contributed by atoms with Gasteiger partial charge in [0.1, 0.15) is 6.54 Å². The second-order valence-corrected chi connectivity index (χ2v) is 4.10. The Labute approximate surface area is 112 Å². The van der Waals surface area contributed by atoms with Gasteiger partial charge in [0.15, 0.2) is 0 Å². The summed E-state index contributed by atoms with van der Waals surface area (Å²) in [5.74, 6) is -1.06. The first-order valence-corrected chi connectivity index (χ1v) is 5.86. The third-order valence-corrected chi connectivity index (χ3v) is 2.48. The Bertz CT molecular complexity index is 431. The highest BCUT2D eigenvalue weighted by Gasteiger charge is 2.16. The highest BCUT2D eigenvalue weighted by Crippen LogP contribution is 2.09. The molecular formula is C13H18N2O4. The topological polar surface area (TPSA) is 78.9 Å². The average Bonchev–Trinajstić information content (AvgIpc) is 2.36. The van der Waals surface area contributed by atoms with Crippen molar-refractivity contribution >= 4 is 17.7 Å². The van der Waals surface area contributed by atoms with E-state index in [9.17, 15) is 9.59 Å². The lowest BCUT2D eigenvalue weighted by Gasteiger charge is -2.20. The van der Waals surface area contributed by atoms with E-state index in [-0.39, 0.29) is 19.7 Å². The average molecular weight is 266 g/mol. The predicted molar refractivity (Wildman–Crippen MR) is 71.3 cm³/mol. The molecule has 0 saturated heterocycles. The zero-order valence-electron chi connectivity index (χ0n) is 11.0. The molecule has 0 aliphatic heterocycles. The van der Waals surface area contributed by atoms with Crippen LogP contribution in [0.25, 0.3) is 0 Å². The fourth-order valence-corrected chi connectivity index (χ4v) is 1.46. The number of hydrogen-bond acceptors (Lipinski definition) is 3. The first-order chi connectivity index (χ1) is 9.02. The molecule has 6 nitrogen and oxygen atoms in total. The number of ether oxygens (including phenoxy) is 1. The van der Waals surface area contributed by atoms with Crippen molar-refractivity contribution in [1.82, 2.24) is 4.90 Å². The van der Waals surface area contributed by atoms with E-state index in [2.05, 4.69) is 5.32 Å². The number of carbonyl (C=O) groups is 2. The van der Waals surface area contributed by atoms with Crippen LogP contribution in [0.15, 0.2) is 24.3 Å². The molecule has 0 aromatic heterocycles. The van der Waals surface area contributed by atoms with Gasteiger partial charge in [-0.1, -0.05) is 17.7 Å². The summed E-state index contributed by atoms with van der Waals surface area (Å²) >= 11 is 0. The van der Waals surface area contributed by atoms with E-state index in [0.717, 1.165) is 5.56 Å². The number of carboxylic acid groups (broad SMARTS) is 1. The van der Waals surface area contributed by atoms with Crippen LogP contribution in [-0.2, 0) is 9.53 Å². The lowest BCUT2D eigenvalue weighted by molar-refractivity contribution is -0.137. The van der Waals surface area contributed by atoms with Gasteiger partial charge in [-0.3, -0.25) is 4.79 Å². The number of aliphatic carboxylic acids is 1. The van der Waals surface area contributed by atoms with Crippen molar-refractivity contribution in [2.75, 3.05) is 32.1 Å². The number of amides is 2. The SMILES string of the molecule is COCCN(CC(=O)O)C(=O)Nc1ccc(C)cc1. The monoisotopic (exact) mass is 266 g/mol. The summed E-state index contributed by atoms with van der Waals surface area (Å²) in [5.41, 5.74) is 1.71. The summed E-state index contributed by atoms with van der Waals surface area (Å²) in [6, 6.07) is 6.81. The second kappa shape index (κ2) is 7.38. The van der Waals surface area contributed by atoms with Crippen LogP contribution in [0.4, 0.5) is 10.5 Å². The maximum Gasteiger partial charge on any atom is 0.323 e. The molecule has 0 aliphatic rings. The molecule has 0 bridgehead atoms. The minimum absolute atomic E-state index is 0.223. The molecule has 104 valence electrons. The third kappa shape index (κ3) is 5.39. The van der Waals surface area contributed by atoms with Gasteiger partial charge < -0.3 is 20.1 Å². The van der Waals surface area contributed by atoms with Gasteiger partial charge in [0.25, 0.3) is 0 Å². The van der Waals surface area contributed by atoms with Gasteiger partial charge in [0.05, 0.1) is 6.61 Å². The predicted octanol–water partition coefficient (Wildman–Crippen LogP) is 1.56. The third-order valence-electron chi connectivity index (χ3n) is 2.48. The summed E-state index contributed by atoms with van der Waals surface area (Å²) < 4.78 is 4.86. The fraction of sp³-hybridized carbons (Fsp3) is 0.385. The summed E-state index contributed by atoms with van der Waals surface area (Å²) in [7, 11) is 1.50. The number of benzene rings is 1. The molecule has 0 aliphatic carbocycles. The van der Waals surface area contributed by atoms with Crippen LogP contribution in [0, 0.1) is 6.92 Å². The van der Waals surface area contributed by atoms with Gasteiger partial charge in [-0.2, -0.15) is 0 Å². The van der Waals surface area contributed by atoms with Crippen molar-refractivity contribution in [1.29, 1.82) is 0 Å². The quantitative estimate of drug-likeness (QED) is 0.819. The molecule has 0 atom stereocenters. The maximum atomic E-state index is 11.9. The first-order valence-electron chi connectivity index (χ1n) is 5.86. The number of aryl methyl sites for hydroxylation is 1. The summed E-state index contributed by atoms with van der Waals surface area (Å²) in [6.07, 6.45) is 0. The van der Waals surface area contributed by atoms with Crippen LogP contribution in [0.3, 0.4) is 0 Å². The number of methoxy groups -OCH3 is 1. The van der Waals surface area contributed by atoms with Crippen molar-refractivity contribution in [2.45, 2.75) is 6.92 Å². The summed E-state index contributed by atoms with van der Waals surface area (Å²) in [4.78, 5) is 23.8. The number of anilines is 1. The zero-order chi connectivity index (χ0) is 14.3. The smallest absolute Gasteiger partial charge is 0.323 e. The second-order valence-electron chi connectivity index (χ2n) is 4.10. The Morgan fingerprint density at radius 1 is 1.32 bits per heavy atom.